The first-order valence-electron chi connectivity index (χ1n) is 7.61. The van der Waals surface area contributed by atoms with Crippen LogP contribution >= 0.6 is 0 Å². The Hall–Kier alpha value is -2.89. The zero-order valence-corrected chi connectivity index (χ0v) is 13.1. The lowest BCUT2D eigenvalue weighted by atomic mass is 10.2. The number of hydrogen-bond acceptors (Lipinski definition) is 5. The van der Waals surface area contributed by atoms with Gasteiger partial charge < -0.3 is 10.1 Å². The van der Waals surface area contributed by atoms with Gasteiger partial charge in [-0.05, 0) is 31.2 Å². The first-order chi connectivity index (χ1) is 11.3. The van der Waals surface area contributed by atoms with Gasteiger partial charge in [0.05, 0.1) is 24.1 Å². The summed E-state index contributed by atoms with van der Waals surface area (Å²) in [6.45, 7) is 3.23. The fraction of sp³-hybridized carbons (Fsp3) is 0.235. The number of nitrogens with zero attached hydrogens (tertiary/aromatic N) is 4. The van der Waals surface area contributed by atoms with Gasteiger partial charge in [-0.3, -0.25) is 14.7 Å². The summed E-state index contributed by atoms with van der Waals surface area (Å²) < 4.78 is 7.40. The highest BCUT2D eigenvalue weighted by atomic mass is 16.5. The van der Waals surface area contributed by atoms with E-state index in [1.807, 2.05) is 42.9 Å². The lowest BCUT2D eigenvalue weighted by molar-refractivity contribution is 0.326. The van der Waals surface area contributed by atoms with E-state index in [0.717, 1.165) is 33.7 Å². The van der Waals surface area contributed by atoms with Crippen molar-refractivity contribution in [3.05, 3.63) is 47.8 Å². The van der Waals surface area contributed by atoms with Crippen molar-refractivity contribution < 1.29 is 4.74 Å². The topological polar surface area (TPSA) is 64.3 Å². The van der Waals surface area contributed by atoms with Crippen LogP contribution in [0.3, 0.4) is 0 Å². The molecule has 0 saturated heterocycles. The predicted molar refractivity (Wildman–Crippen MR) is 90.0 cm³/mol. The quantitative estimate of drug-likeness (QED) is 0.808. The smallest absolute Gasteiger partial charge is 0.240 e. The van der Waals surface area contributed by atoms with E-state index in [4.69, 9.17) is 4.74 Å². The van der Waals surface area contributed by atoms with Crippen molar-refractivity contribution in [3.8, 4) is 5.88 Å². The molecule has 2 aromatic heterocycles. The summed E-state index contributed by atoms with van der Waals surface area (Å²) in [6.07, 6.45) is 1.79. The van der Waals surface area contributed by atoms with Crippen LogP contribution in [-0.2, 0) is 13.6 Å². The molecule has 0 amide bonds. The molecule has 3 heterocycles. The molecule has 1 N–H and O–H groups in total. The third-order valence-corrected chi connectivity index (χ3v) is 3.88. The molecular formula is C17H17N5O. The number of pyridine rings is 1. The maximum absolute atomic E-state index is 5.57. The SMILES string of the molecule is CCOc1nn(C)c2cc(NC3=NCc4cccnc43)ccc12. The van der Waals surface area contributed by atoms with E-state index in [1.54, 1.807) is 6.20 Å². The Morgan fingerprint density at radius 3 is 3.09 bits per heavy atom. The fourth-order valence-electron chi connectivity index (χ4n) is 2.80. The summed E-state index contributed by atoms with van der Waals surface area (Å²) in [5.74, 6) is 1.48. The van der Waals surface area contributed by atoms with Crippen molar-refractivity contribution >= 4 is 22.4 Å². The molecule has 4 rings (SSSR count). The van der Waals surface area contributed by atoms with Crippen LogP contribution in [0.25, 0.3) is 10.9 Å². The van der Waals surface area contributed by atoms with Gasteiger partial charge in [0.1, 0.15) is 5.69 Å². The molecule has 0 bridgehead atoms. The molecule has 3 aromatic rings. The second kappa shape index (κ2) is 5.39. The molecule has 6 nitrogen and oxygen atoms in total. The number of ether oxygens (including phenoxy) is 1. The van der Waals surface area contributed by atoms with Gasteiger partial charge in [0.15, 0.2) is 5.84 Å². The van der Waals surface area contributed by atoms with Crippen molar-refractivity contribution in [2.75, 3.05) is 11.9 Å². The number of anilines is 1. The highest BCUT2D eigenvalue weighted by Crippen LogP contribution is 2.28. The lowest BCUT2D eigenvalue weighted by Crippen LogP contribution is -2.13. The van der Waals surface area contributed by atoms with Crippen LogP contribution in [-0.4, -0.2) is 27.2 Å². The van der Waals surface area contributed by atoms with Gasteiger partial charge in [-0.25, -0.2) is 0 Å². The minimum Gasteiger partial charge on any atom is -0.476 e. The van der Waals surface area contributed by atoms with E-state index in [9.17, 15) is 0 Å². The molecule has 0 fully saturated rings. The molecule has 0 unspecified atom stereocenters. The van der Waals surface area contributed by atoms with Crippen LogP contribution in [0.2, 0.25) is 0 Å². The zero-order valence-electron chi connectivity index (χ0n) is 13.1. The molecular weight excluding hydrogens is 290 g/mol. The van der Waals surface area contributed by atoms with Crippen LogP contribution in [0, 0.1) is 0 Å². The van der Waals surface area contributed by atoms with E-state index in [1.165, 1.54) is 0 Å². The number of aliphatic imine (C=N–C) groups is 1. The van der Waals surface area contributed by atoms with E-state index < -0.39 is 0 Å². The second-order valence-corrected chi connectivity index (χ2v) is 5.39. The van der Waals surface area contributed by atoms with E-state index >= 15 is 0 Å². The van der Waals surface area contributed by atoms with E-state index in [2.05, 4.69) is 26.5 Å². The summed E-state index contributed by atoms with van der Waals surface area (Å²) in [5.41, 5.74) is 4.04. The van der Waals surface area contributed by atoms with E-state index in [0.29, 0.717) is 19.0 Å². The molecule has 1 aliphatic rings. The number of nitrogens with one attached hydrogen (secondary N) is 1. The summed E-state index contributed by atoms with van der Waals surface area (Å²) in [6, 6.07) is 10.1. The van der Waals surface area contributed by atoms with Crippen LogP contribution in [0.15, 0.2) is 41.5 Å². The first kappa shape index (κ1) is 13.8. The third-order valence-electron chi connectivity index (χ3n) is 3.88. The minimum absolute atomic E-state index is 0.603. The average Bonchev–Trinajstić information content (AvgIpc) is 3.10. The number of benzene rings is 1. The standard InChI is InChI=1S/C17H17N5O/c1-3-23-17-13-7-6-12(9-14(13)22(2)21-17)20-16-15-11(10-19-16)5-4-8-18-15/h4-9H,3,10H2,1-2H3,(H,19,20). The second-order valence-electron chi connectivity index (χ2n) is 5.39. The molecule has 0 spiro atoms. The highest BCUT2D eigenvalue weighted by Gasteiger charge is 2.17. The van der Waals surface area contributed by atoms with Crippen LogP contribution in [0.1, 0.15) is 18.2 Å². The van der Waals surface area contributed by atoms with Crippen molar-refractivity contribution in [3.63, 3.8) is 0 Å². The van der Waals surface area contributed by atoms with Crippen molar-refractivity contribution in [1.82, 2.24) is 14.8 Å². The summed E-state index contributed by atoms with van der Waals surface area (Å²) in [4.78, 5) is 8.95. The molecule has 0 saturated carbocycles. The Morgan fingerprint density at radius 2 is 2.22 bits per heavy atom. The Morgan fingerprint density at radius 1 is 1.30 bits per heavy atom. The lowest BCUT2D eigenvalue weighted by Gasteiger charge is -2.07. The molecule has 1 aliphatic heterocycles. The zero-order chi connectivity index (χ0) is 15.8. The van der Waals surface area contributed by atoms with Crippen LogP contribution < -0.4 is 10.1 Å². The summed E-state index contributed by atoms with van der Waals surface area (Å²) in [5, 5.41) is 8.78. The molecule has 0 radical (unpaired) electrons. The van der Waals surface area contributed by atoms with Crippen LogP contribution in [0.5, 0.6) is 5.88 Å². The van der Waals surface area contributed by atoms with Gasteiger partial charge in [-0.15, -0.1) is 5.10 Å². The number of amidine groups is 1. The monoisotopic (exact) mass is 307 g/mol. The molecule has 6 heteroatoms. The fourth-order valence-corrected chi connectivity index (χ4v) is 2.80. The van der Waals surface area contributed by atoms with Crippen LogP contribution in [0.4, 0.5) is 5.69 Å². The average molecular weight is 307 g/mol. The van der Waals surface area contributed by atoms with Crippen molar-refractivity contribution in [2.24, 2.45) is 12.0 Å². The normalized spacial score (nSPS) is 13.0. The number of hydrogen-bond donors (Lipinski definition) is 1. The molecule has 0 aliphatic carbocycles. The molecule has 1 aromatic carbocycles. The van der Waals surface area contributed by atoms with Gasteiger partial charge >= 0.3 is 0 Å². The number of fused-ring (bicyclic) bond motifs is 2. The van der Waals surface area contributed by atoms with Gasteiger partial charge in [0.2, 0.25) is 5.88 Å². The molecule has 0 atom stereocenters. The highest BCUT2D eigenvalue weighted by molar-refractivity contribution is 6.09. The van der Waals surface area contributed by atoms with Gasteiger partial charge in [-0.1, -0.05) is 6.07 Å². The summed E-state index contributed by atoms with van der Waals surface area (Å²) in [7, 11) is 1.92. The Kier molecular flexibility index (Phi) is 3.22. The first-order valence-corrected chi connectivity index (χ1v) is 7.61. The Balaban J connectivity index is 1.67. The van der Waals surface area contributed by atoms with Gasteiger partial charge in [0.25, 0.3) is 0 Å². The summed E-state index contributed by atoms with van der Waals surface area (Å²) >= 11 is 0. The van der Waals surface area contributed by atoms with Gasteiger partial charge in [-0.2, -0.15) is 0 Å². The van der Waals surface area contributed by atoms with Crippen molar-refractivity contribution in [1.29, 1.82) is 0 Å². The molecule has 23 heavy (non-hydrogen) atoms. The number of aromatic nitrogens is 3. The maximum Gasteiger partial charge on any atom is 0.240 e. The maximum atomic E-state index is 5.57. The van der Waals surface area contributed by atoms with Crippen molar-refractivity contribution in [2.45, 2.75) is 13.5 Å². The number of rotatable bonds is 3. The Bertz CT molecular complexity index is 912. The molecule has 116 valence electrons. The third kappa shape index (κ3) is 2.32. The Labute approximate surface area is 133 Å². The van der Waals surface area contributed by atoms with Gasteiger partial charge in [0, 0.05) is 24.5 Å². The number of aryl methyl sites for hydroxylation is 1. The van der Waals surface area contributed by atoms with E-state index in [-0.39, 0.29) is 0 Å². The predicted octanol–water partition coefficient (Wildman–Crippen LogP) is 2.74. The minimum atomic E-state index is 0.603. The largest absolute Gasteiger partial charge is 0.476 e.